The lowest BCUT2D eigenvalue weighted by Gasteiger charge is -2.11. The van der Waals surface area contributed by atoms with Gasteiger partial charge in [0.2, 0.25) is 0 Å². The van der Waals surface area contributed by atoms with E-state index in [1.807, 2.05) is 17.8 Å². The Labute approximate surface area is 128 Å². The van der Waals surface area contributed by atoms with Crippen LogP contribution in [0.1, 0.15) is 26.9 Å². The molecule has 3 rings (SSSR count). The third-order valence-electron chi connectivity index (χ3n) is 3.27. The first-order valence-electron chi connectivity index (χ1n) is 6.05. The molecule has 0 saturated heterocycles. The molecule has 0 spiro atoms. The predicted octanol–water partition coefficient (Wildman–Crippen LogP) is 4.49. The number of fused-ring (bicyclic) bond motifs is 1. The van der Waals surface area contributed by atoms with Crippen LogP contribution in [0.25, 0.3) is 0 Å². The highest BCUT2D eigenvalue weighted by molar-refractivity contribution is 9.10. The summed E-state index contributed by atoms with van der Waals surface area (Å²) in [6, 6.07) is 7.06. The van der Waals surface area contributed by atoms with Crippen LogP contribution in [-0.2, 0) is 12.2 Å². The Hall–Kier alpha value is -0.360. The molecule has 1 aromatic heterocycles. The summed E-state index contributed by atoms with van der Waals surface area (Å²) in [5.74, 6) is 1.98. The smallest absolute Gasteiger partial charge is 0.142 e. The van der Waals surface area contributed by atoms with Crippen molar-refractivity contribution in [1.82, 2.24) is 0 Å². The molecule has 0 radical (unpaired) electrons. The number of thioether (sulfide) groups is 1. The van der Waals surface area contributed by atoms with Crippen molar-refractivity contribution in [1.29, 1.82) is 0 Å². The molecular formula is C14H13BrFNS2. The molecule has 1 aliphatic rings. The zero-order chi connectivity index (χ0) is 13.4. The molecule has 1 unspecified atom stereocenters. The van der Waals surface area contributed by atoms with E-state index >= 15 is 0 Å². The molecule has 2 N–H and O–H groups in total. The highest BCUT2D eigenvalue weighted by Crippen LogP contribution is 2.36. The first kappa shape index (κ1) is 13.6. The van der Waals surface area contributed by atoms with Gasteiger partial charge in [-0.1, -0.05) is 12.1 Å². The molecule has 2 aromatic rings. The van der Waals surface area contributed by atoms with Crippen molar-refractivity contribution in [3.8, 4) is 0 Å². The van der Waals surface area contributed by atoms with Crippen LogP contribution in [0.5, 0.6) is 0 Å². The number of benzene rings is 1. The molecule has 0 saturated carbocycles. The highest BCUT2D eigenvalue weighted by Gasteiger charge is 2.20. The zero-order valence-corrected chi connectivity index (χ0v) is 13.4. The maximum absolute atomic E-state index is 14.1. The van der Waals surface area contributed by atoms with Gasteiger partial charge in [0.1, 0.15) is 5.82 Å². The summed E-state index contributed by atoms with van der Waals surface area (Å²) < 4.78 is 14.6. The van der Waals surface area contributed by atoms with Gasteiger partial charge in [0.15, 0.2) is 0 Å². The first-order valence-corrected chi connectivity index (χ1v) is 8.82. The lowest BCUT2D eigenvalue weighted by molar-refractivity contribution is 0.594. The van der Waals surface area contributed by atoms with Gasteiger partial charge in [-0.25, -0.2) is 4.39 Å². The molecule has 5 heteroatoms. The second-order valence-electron chi connectivity index (χ2n) is 4.52. The molecule has 1 nitrogen and oxygen atoms in total. The highest BCUT2D eigenvalue weighted by atomic mass is 79.9. The fourth-order valence-electron chi connectivity index (χ4n) is 2.24. The van der Waals surface area contributed by atoms with Crippen LogP contribution < -0.4 is 5.73 Å². The van der Waals surface area contributed by atoms with Gasteiger partial charge in [-0.3, -0.25) is 0 Å². The van der Waals surface area contributed by atoms with Crippen LogP contribution in [0.3, 0.4) is 0 Å². The lowest BCUT2D eigenvalue weighted by Crippen LogP contribution is -2.12. The van der Waals surface area contributed by atoms with E-state index in [4.69, 9.17) is 5.73 Å². The quantitative estimate of drug-likeness (QED) is 0.856. The van der Waals surface area contributed by atoms with Crippen LogP contribution in [-0.4, -0.2) is 5.75 Å². The van der Waals surface area contributed by atoms with Crippen molar-refractivity contribution >= 4 is 39.0 Å². The number of rotatable bonds is 2. The van der Waals surface area contributed by atoms with Gasteiger partial charge in [-0.05, 0) is 45.8 Å². The molecule has 0 aliphatic carbocycles. The standard InChI is InChI=1S/C14H13BrFNS2/c15-10-3-1-2-9(13(10)16)14(17)12-6-8-7-18-5-4-11(8)19-12/h1-3,6,14H,4-5,7,17H2. The Kier molecular flexibility index (Phi) is 3.98. The summed E-state index contributed by atoms with van der Waals surface area (Å²) in [5.41, 5.74) is 8.17. The van der Waals surface area contributed by atoms with Gasteiger partial charge in [0.05, 0.1) is 10.5 Å². The van der Waals surface area contributed by atoms with Crippen molar-refractivity contribution in [3.05, 3.63) is 55.4 Å². The Bertz CT molecular complexity index is 588. The average molecular weight is 358 g/mol. The van der Waals surface area contributed by atoms with E-state index in [-0.39, 0.29) is 11.9 Å². The molecule has 1 aromatic carbocycles. The number of hydrogen-bond donors (Lipinski definition) is 1. The lowest BCUT2D eigenvalue weighted by atomic mass is 10.0. The molecule has 19 heavy (non-hydrogen) atoms. The minimum Gasteiger partial charge on any atom is -0.320 e. The topological polar surface area (TPSA) is 26.0 Å². The summed E-state index contributed by atoms with van der Waals surface area (Å²) in [7, 11) is 0. The van der Waals surface area contributed by atoms with E-state index in [0.717, 1.165) is 17.1 Å². The van der Waals surface area contributed by atoms with Gasteiger partial charge >= 0.3 is 0 Å². The molecule has 100 valence electrons. The Balaban J connectivity index is 1.97. The van der Waals surface area contributed by atoms with E-state index in [2.05, 4.69) is 22.0 Å². The SMILES string of the molecule is NC(c1cc2c(s1)CCSC2)c1cccc(Br)c1F. The van der Waals surface area contributed by atoms with E-state index in [0.29, 0.717) is 10.0 Å². The molecule has 1 atom stereocenters. The van der Waals surface area contributed by atoms with Gasteiger partial charge in [0.25, 0.3) is 0 Å². The second-order valence-corrected chi connectivity index (χ2v) is 7.65. The fourth-order valence-corrected chi connectivity index (χ4v) is 5.02. The molecule has 1 aliphatic heterocycles. The monoisotopic (exact) mass is 357 g/mol. The Morgan fingerprint density at radius 2 is 2.21 bits per heavy atom. The van der Waals surface area contributed by atoms with Crippen molar-refractivity contribution in [2.75, 3.05) is 5.75 Å². The number of nitrogens with two attached hydrogens (primary N) is 1. The third kappa shape index (κ3) is 2.61. The van der Waals surface area contributed by atoms with E-state index in [9.17, 15) is 4.39 Å². The molecule has 0 bridgehead atoms. The van der Waals surface area contributed by atoms with Crippen LogP contribution >= 0.6 is 39.0 Å². The number of aryl methyl sites for hydroxylation is 1. The maximum atomic E-state index is 14.1. The summed E-state index contributed by atoms with van der Waals surface area (Å²) in [6.07, 6.45) is 1.11. The normalized spacial score (nSPS) is 16.2. The molecule has 2 heterocycles. The van der Waals surface area contributed by atoms with Crippen molar-refractivity contribution < 1.29 is 4.39 Å². The minimum atomic E-state index is -0.377. The molecular weight excluding hydrogens is 345 g/mol. The van der Waals surface area contributed by atoms with E-state index in [1.165, 1.54) is 16.2 Å². The Morgan fingerprint density at radius 3 is 3.00 bits per heavy atom. The molecule has 0 fully saturated rings. The summed E-state index contributed by atoms with van der Waals surface area (Å²) in [5, 5.41) is 0. The van der Waals surface area contributed by atoms with Crippen LogP contribution in [0.2, 0.25) is 0 Å². The number of thiophene rings is 1. The second kappa shape index (κ2) is 5.56. The number of hydrogen-bond acceptors (Lipinski definition) is 3. The third-order valence-corrected chi connectivity index (χ3v) is 6.21. The summed E-state index contributed by atoms with van der Waals surface area (Å²) in [4.78, 5) is 2.48. The van der Waals surface area contributed by atoms with Gasteiger partial charge in [0, 0.05) is 21.1 Å². The summed E-state index contributed by atoms with van der Waals surface area (Å²) in [6.45, 7) is 0. The van der Waals surface area contributed by atoms with Crippen molar-refractivity contribution in [2.45, 2.75) is 18.2 Å². The number of halogens is 2. The van der Waals surface area contributed by atoms with E-state index in [1.54, 1.807) is 23.5 Å². The minimum absolute atomic E-state index is 0.254. The van der Waals surface area contributed by atoms with Crippen molar-refractivity contribution in [3.63, 3.8) is 0 Å². The van der Waals surface area contributed by atoms with Crippen LogP contribution in [0.15, 0.2) is 28.7 Å². The van der Waals surface area contributed by atoms with Crippen LogP contribution in [0.4, 0.5) is 4.39 Å². The summed E-state index contributed by atoms with van der Waals surface area (Å²) >= 11 is 6.89. The maximum Gasteiger partial charge on any atom is 0.142 e. The Morgan fingerprint density at radius 1 is 1.37 bits per heavy atom. The fraction of sp³-hybridized carbons (Fsp3) is 0.286. The largest absolute Gasteiger partial charge is 0.320 e. The van der Waals surface area contributed by atoms with E-state index < -0.39 is 0 Å². The first-order chi connectivity index (χ1) is 9.16. The average Bonchev–Trinajstić information content (AvgIpc) is 2.85. The zero-order valence-electron chi connectivity index (χ0n) is 10.2. The molecule has 0 amide bonds. The predicted molar refractivity (Wildman–Crippen MR) is 84.3 cm³/mol. The van der Waals surface area contributed by atoms with Gasteiger partial charge in [-0.2, -0.15) is 11.8 Å². The van der Waals surface area contributed by atoms with Crippen molar-refractivity contribution in [2.24, 2.45) is 5.73 Å². The van der Waals surface area contributed by atoms with Gasteiger partial charge < -0.3 is 5.73 Å². The van der Waals surface area contributed by atoms with Gasteiger partial charge in [-0.15, -0.1) is 11.3 Å². The van der Waals surface area contributed by atoms with Crippen LogP contribution in [0, 0.1) is 5.82 Å².